The van der Waals surface area contributed by atoms with Crippen molar-refractivity contribution in [2.45, 2.75) is 32.1 Å². The maximum absolute atomic E-state index is 13.3. The summed E-state index contributed by atoms with van der Waals surface area (Å²) in [5.41, 5.74) is 2.93. The number of oxazole rings is 1. The number of anilines is 1. The lowest BCUT2D eigenvalue weighted by atomic mass is 10.1. The second-order valence-corrected chi connectivity index (χ2v) is 8.38. The third-order valence-corrected chi connectivity index (χ3v) is 6.14. The number of fused-ring (bicyclic) bond motifs is 1. The molecule has 0 amide bonds. The molecule has 0 unspecified atom stereocenters. The number of hydrogen-bond acceptors (Lipinski definition) is 6. The molecular formula is C20H22N2O5S. The lowest BCUT2D eigenvalue weighted by Gasteiger charge is -2.20. The highest BCUT2D eigenvalue weighted by atomic mass is 32.2. The maximum atomic E-state index is 13.3. The quantitative estimate of drug-likeness (QED) is 0.582. The van der Waals surface area contributed by atoms with Gasteiger partial charge in [-0.3, -0.25) is 0 Å². The fourth-order valence-electron chi connectivity index (χ4n) is 2.87. The number of hydrogen-bond donors (Lipinski definition) is 0. The number of carbonyl (C=O) groups excluding carboxylic acids is 1. The van der Waals surface area contributed by atoms with Crippen molar-refractivity contribution in [1.82, 2.24) is 4.98 Å². The van der Waals surface area contributed by atoms with Gasteiger partial charge in [-0.05, 0) is 55.7 Å². The Kier molecular flexibility index (Phi) is 5.42. The largest absolute Gasteiger partial charge is 0.465 e. The predicted molar refractivity (Wildman–Crippen MR) is 106 cm³/mol. The van der Waals surface area contributed by atoms with E-state index in [9.17, 15) is 13.2 Å². The van der Waals surface area contributed by atoms with E-state index in [2.05, 4.69) is 4.98 Å². The molecule has 0 aliphatic heterocycles. The molecule has 0 fully saturated rings. The van der Waals surface area contributed by atoms with Gasteiger partial charge in [-0.2, -0.15) is 4.98 Å². The van der Waals surface area contributed by atoms with E-state index < -0.39 is 16.0 Å². The third-order valence-electron chi connectivity index (χ3n) is 4.37. The molecule has 3 rings (SSSR count). The number of rotatable bonds is 6. The zero-order chi connectivity index (χ0) is 20.5. The first-order valence-corrected chi connectivity index (χ1v) is 10.3. The Morgan fingerprint density at radius 3 is 2.61 bits per heavy atom. The van der Waals surface area contributed by atoms with Gasteiger partial charge in [0.2, 0.25) is 0 Å². The highest BCUT2D eigenvalue weighted by Crippen LogP contribution is 2.28. The molecule has 0 aliphatic rings. The van der Waals surface area contributed by atoms with Gasteiger partial charge in [-0.15, -0.1) is 0 Å². The number of sulfonamides is 1. The molecule has 3 aromatic rings. The second-order valence-electron chi connectivity index (χ2n) is 6.51. The monoisotopic (exact) mass is 402 g/mol. The van der Waals surface area contributed by atoms with Crippen molar-refractivity contribution in [3.05, 3.63) is 53.1 Å². The van der Waals surface area contributed by atoms with Crippen LogP contribution in [0.1, 0.15) is 34.8 Å². The van der Waals surface area contributed by atoms with Crippen molar-refractivity contribution in [3.8, 4) is 0 Å². The number of methoxy groups -OCH3 is 1. The van der Waals surface area contributed by atoms with Crippen molar-refractivity contribution in [1.29, 1.82) is 0 Å². The normalized spacial score (nSPS) is 11.6. The maximum Gasteiger partial charge on any atom is 0.338 e. The summed E-state index contributed by atoms with van der Waals surface area (Å²) >= 11 is 0. The molecule has 0 bridgehead atoms. The summed E-state index contributed by atoms with van der Waals surface area (Å²) in [5, 5.41) is 0. The SMILES string of the molecule is CCCN(c1nc2cc(C)ccc2o1)S(=O)(=O)c1ccc(C)c(C(=O)OC)c1. The van der Waals surface area contributed by atoms with E-state index in [0.717, 1.165) is 9.87 Å². The number of esters is 1. The van der Waals surface area contributed by atoms with Crippen molar-refractivity contribution in [2.24, 2.45) is 0 Å². The Balaban J connectivity index is 2.11. The first kappa shape index (κ1) is 19.9. The van der Waals surface area contributed by atoms with Crippen LogP contribution in [-0.4, -0.2) is 33.0 Å². The molecule has 1 aromatic heterocycles. The molecule has 28 heavy (non-hydrogen) atoms. The molecule has 2 aromatic carbocycles. The Morgan fingerprint density at radius 1 is 1.18 bits per heavy atom. The first-order chi connectivity index (χ1) is 13.3. The number of nitrogens with zero attached hydrogens (tertiary/aromatic N) is 2. The van der Waals surface area contributed by atoms with Crippen LogP contribution in [0.2, 0.25) is 0 Å². The molecule has 0 saturated carbocycles. The molecule has 0 saturated heterocycles. The molecule has 8 heteroatoms. The predicted octanol–water partition coefficient (Wildman–Crippen LogP) is 3.84. The minimum Gasteiger partial charge on any atom is -0.465 e. The summed E-state index contributed by atoms with van der Waals surface area (Å²) in [5.74, 6) is -0.589. The lowest BCUT2D eigenvalue weighted by molar-refractivity contribution is 0.0599. The van der Waals surface area contributed by atoms with Gasteiger partial charge >= 0.3 is 12.0 Å². The number of aryl methyl sites for hydroxylation is 2. The van der Waals surface area contributed by atoms with Crippen LogP contribution in [0.25, 0.3) is 11.1 Å². The van der Waals surface area contributed by atoms with Crippen molar-refractivity contribution >= 4 is 33.1 Å². The Bertz CT molecular complexity index is 1130. The molecule has 0 atom stereocenters. The van der Waals surface area contributed by atoms with E-state index in [1.165, 1.54) is 19.2 Å². The molecule has 0 N–H and O–H groups in total. The molecule has 7 nitrogen and oxygen atoms in total. The molecule has 0 aliphatic carbocycles. The molecular weight excluding hydrogens is 380 g/mol. The summed E-state index contributed by atoms with van der Waals surface area (Å²) in [6.07, 6.45) is 0.562. The Morgan fingerprint density at radius 2 is 1.93 bits per heavy atom. The zero-order valence-corrected chi connectivity index (χ0v) is 17.0. The number of benzene rings is 2. The highest BCUT2D eigenvalue weighted by molar-refractivity contribution is 7.92. The van der Waals surface area contributed by atoms with Crippen LogP contribution < -0.4 is 4.31 Å². The summed E-state index contributed by atoms with van der Waals surface area (Å²) < 4.78 is 38.2. The lowest BCUT2D eigenvalue weighted by Crippen LogP contribution is -2.32. The fraction of sp³-hybridized carbons (Fsp3) is 0.300. The molecule has 148 valence electrons. The second kappa shape index (κ2) is 7.63. The highest BCUT2D eigenvalue weighted by Gasteiger charge is 2.29. The standard InChI is InChI=1S/C20H22N2O5S/c1-5-10-22(20-21-17-11-13(2)6-9-18(17)27-20)28(24,25)15-8-7-14(3)16(12-15)19(23)26-4/h6-9,11-12H,5,10H2,1-4H3. The van der Waals surface area contributed by atoms with Gasteiger partial charge in [0, 0.05) is 6.54 Å². The van der Waals surface area contributed by atoms with E-state index in [1.807, 2.05) is 26.0 Å². The van der Waals surface area contributed by atoms with Gasteiger partial charge in [-0.1, -0.05) is 19.1 Å². The average Bonchev–Trinajstić information content (AvgIpc) is 3.07. The average molecular weight is 402 g/mol. The number of aromatic nitrogens is 1. The van der Waals surface area contributed by atoms with Crippen LogP contribution in [0, 0.1) is 13.8 Å². The topological polar surface area (TPSA) is 89.7 Å². The smallest absolute Gasteiger partial charge is 0.338 e. The van der Waals surface area contributed by atoms with Crippen molar-refractivity contribution in [3.63, 3.8) is 0 Å². The van der Waals surface area contributed by atoms with Crippen LogP contribution in [0.4, 0.5) is 6.01 Å². The van der Waals surface area contributed by atoms with Crippen LogP contribution in [0.15, 0.2) is 45.7 Å². The summed E-state index contributed by atoms with van der Waals surface area (Å²) in [6, 6.07) is 9.84. The van der Waals surface area contributed by atoms with Crippen molar-refractivity contribution < 1.29 is 22.4 Å². The Labute approximate surface area is 164 Å². The zero-order valence-electron chi connectivity index (χ0n) is 16.2. The van der Waals surface area contributed by atoms with Gasteiger partial charge in [0.05, 0.1) is 17.6 Å². The van der Waals surface area contributed by atoms with Crippen LogP contribution in [0.3, 0.4) is 0 Å². The fourth-order valence-corrected chi connectivity index (χ4v) is 4.34. The van der Waals surface area contributed by atoms with E-state index in [0.29, 0.717) is 23.1 Å². The van der Waals surface area contributed by atoms with E-state index in [-0.39, 0.29) is 23.0 Å². The van der Waals surface area contributed by atoms with Crippen molar-refractivity contribution in [2.75, 3.05) is 18.0 Å². The minimum atomic E-state index is -3.99. The van der Waals surface area contributed by atoms with Gasteiger partial charge in [-0.25, -0.2) is 17.5 Å². The van der Waals surface area contributed by atoms with Crippen LogP contribution in [-0.2, 0) is 14.8 Å². The van der Waals surface area contributed by atoms with Gasteiger partial charge < -0.3 is 9.15 Å². The molecule has 0 radical (unpaired) electrons. The molecule has 0 spiro atoms. The van der Waals surface area contributed by atoms with Gasteiger partial charge in [0.25, 0.3) is 10.0 Å². The summed E-state index contributed by atoms with van der Waals surface area (Å²) in [6.45, 7) is 5.70. The van der Waals surface area contributed by atoms with E-state index in [4.69, 9.17) is 9.15 Å². The van der Waals surface area contributed by atoms with Gasteiger partial charge in [0.15, 0.2) is 5.58 Å². The van der Waals surface area contributed by atoms with Crippen LogP contribution in [0.5, 0.6) is 0 Å². The van der Waals surface area contributed by atoms with Crippen LogP contribution >= 0.6 is 0 Å². The van der Waals surface area contributed by atoms with E-state index in [1.54, 1.807) is 19.1 Å². The minimum absolute atomic E-state index is 0.00245. The van der Waals surface area contributed by atoms with Gasteiger partial charge in [0.1, 0.15) is 5.52 Å². The third kappa shape index (κ3) is 3.60. The molecule has 1 heterocycles. The van der Waals surface area contributed by atoms with E-state index >= 15 is 0 Å². The Hall–Kier alpha value is -2.87. The first-order valence-electron chi connectivity index (χ1n) is 8.86. The summed E-state index contributed by atoms with van der Waals surface area (Å²) in [7, 11) is -2.73. The summed E-state index contributed by atoms with van der Waals surface area (Å²) in [4.78, 5) is 16.3. The number of ether oxygens (including phenoxy) is 1. The number of carbonyl (C=O) groups is 1.